The van der Waals surface area contributed by atoms with E-state index in [0.29, 0.717) is 11.1 Å². The topological polar surface area (TPSA) is 66.4 Å². The molecule has 0 radical (unpaired) electrons. The van der Waals surface area contributed by atoms with Gasteiger partial charge in [0, 0.05) is 27.6 Å². The van der Waals surface area contributed by atoms with Crippen LogP contribution >= 0.6 is 11.3 Å². The van der Waals surface area contributed by atoms with E-state index in [4.69, 9.17) is 0 Å². The highest BCUT2D eigenvalue weighted by Crippen LogP contribution is 2.57. The minimum absolute atomic E-state index is 0.162. The molecule has 6 heteroatoms. The third kappa shape index (κ3) is 4.64. The molecule has 1 heterocycles. The van der Waals surface area contributed by atoms with Crippen LogP contribution < -0.4 is 5.32 Å². The molecule has 6 aromatic rings. The predicted molar refractivity (Wildman–Crippen MR) is 166 cm³/mol. The lowest BCUT2D eigenvalue weighted by atomic mass is 9.85. The van der Waals surface area contributed by atoms with Gasteiger partial charge in [-0.05, 0) is 93.2 Å². The first-order chi connectivity index (χ1) is 20.4. The molecule has 1 aromatic heterocycles. The van der Waals surface area contributed by atoms with Crippen molar-refractivity contribution in [2.24, 2.45) is 0 Å². The Hall–Kier alpha value is -4.81. The number of amides is 1. The fourth-order valence-electron chi connectivity index (χ4n) is 5.90. The number of halogens is 1. The van der Waals surface area contributed by atoms with Gasteiger partial charge in [-0.2, -0.15) is 0 Å². The maximum absolute atomic E-state index is 14.2. The van der Waals surface area contributed by atoms with E-state index in [1.54, 1.807) is 29.5 Å². The summed E-state index contributed by atoms with van der Waals surface area (Å²) in [6, 6.07) is 31.8. The molecule has 5 aromatic carbocycles. The molecule has 7 rings (SSSR count). The van der Waals surface area contributed by atoms with Crippen molar-refractivity contribution in [2.45, 2.75) is 24.8 Å². The number of carboxylic acids is 1. The number of carbonyl (C=O) groups excluding carboxylic acids is 1. The molecule has 4 nitrogen and oxygen atoms in total. The van der Waals surface area contributed by atoms with Gasteiger partial charge in [-0.1, -0.05) is 66.7 Å². The van der Waals surface area contributed by atoms with Gasteiger partial charge in [0.15, 0.2) is 0 Å². The zero-order valence-corrected chi connectivity index (χ0v) is 23.4. The molecule has 206 valence electrons. The minimum atomic E-state index is -0.993. The third-order valence-electron chi connectivity index (χ3n) is 8.30. The van der Waals surface area contributed by atoms with Crippen LogP contribution in [-0.2, 0) is 12.0 Å². The Morgan fingerprint density at radius 2 is 1.62 bits per heavy atom. The van der Waals surface area contributed by atoms with E-state index in [-0.39, 0.29) is 29.2 Å². The standard InChI is InChI=1S/C36H26FNO3S/c37-29-7-3-6-26(17-29)27-18-30(34(39)38-20-22-8-10-24(11-9-22)35(40)41)33-31(21-42-32(33)19-27)36(14-15-36)28-13-12-23-4-1-2-5-25(23)16-28/h1-13,16-19,21H,14-15,20H2,(H,38,39)(H,40,41). The van der Waals surface area contributed by atoms with Crippen LogP contribution in [0.2, 0.25) is 0 Å². The average molecular weight is 572 g/mol. The van der Waals surface area contributed by atoms with Gasteiger partial charge in [0.25, 0.3) is 5.91 Å². The number of benzene rings is 5. The zero-order chi connectivity index (χ0) is 28.8. The molecule has 0 aliphatic heterocycles. The summed E-state index contributed by atoms with van der Waals surface area (Å²) < 4.78 is 15.1. The minimum Gasteiger partial charge on any atom is -0.478 e. The van der Waals surface area contributed by atoms with E-state index in [1.807, 2.05) is 18.2 Å². The number of carboxylic acid groups (broad SMARTS) is 1. The lowest BCUT2D eigenvalue weighted by Gasteiger charge is -2.18. The van der Waals surface area contributed by atoms with E-state index < -0.39 is 5.97 Å². The molecule has 1 saturated carbocycles. The summed E-state index contributed by atoms with van der Waals surface area (Å²) in [7, 11) is 0. The highest BCUT2D eigenvalue weighted by Gasteiger charge is 2.47. The molecule has 1 amide bonds. The predicted octanol–water partition coefficient (Wildman–Crippen LogP) is 8.57. The Morgan fingerprint density at radius 1 is 0.833 bits per heavy atom. The summed E-state index contributed by atoms with van der Waals surface area (Å²) in [4.78, 5) is 25.1. The number of nitrogens with one attached hydrogen (secondary N) is 1. The SMILES string of the molecule is O=C(O)c1ccc(CNC(=O)c2cc(-c3cccc(F)c3)cc3scc(C4(c5ccc6ccccc6c5)CC4)c23)cc1. The van der Waals surface area contributed by atoms with Crippen molar-refractivity contribution in [1.29, 1.82) is 0 Å². The van der Waals surface area contributed by atoms with Gasteiger partial charge in [-0.15, -0.1) is 11.3 Å². The van der Waals surface area contributed by atoms with Crippen LogP contribution in [-0.4, -0.2) is 17.0 Å². The van der Waals surface area contributed by atoms with Crippen LogP contribution in [0.3, 0.4) is 0 Å². The maximum Gasteiger partial charge on any atom is 0.335 e. The Morgan fingerprint density at radius 3 is 2.36 bits per heavy atom. The fourth-order valence-corrected chi connectivity index (χ4v) is 7.02. The van der Waals surface area contributed by atoms with E-state index in [2.05, 4.69) is 53.2 Å². The first-order valence-electron chi connectivity index (χ1n) is 13.8. The summed E-state index contributed by atoms with van der Waals surface area (Å²) in [5, 5.41) is 17.8. The molecule has 1 aliphatic carbocycles. The number of hydrogen-bond acceptors (Lipinski definition) is 3. The first-order valence-corrected chi connectivity index (χ1v) is 14.7. The summed E-state index contributed by atoms with van der Waals surface area (Å²) in [5.41, 5.74) is 5.27. The van der Waals surface area contributed by atoms with Crippen molar-refractivity contribution < 1.29 is 19.1 Å². The van der Waals surface area contributed by atoms with Crippen molar-refractivity contribution in [3.63, 3.8) is 0 Å². The lowest BCUT2D eigenvalue weighted by molar-refractivity contribution is 0.0696. The van der Waals surface area contributed by atoms with Crippen LogP contribution in [0.1, 0.15) is 50.2 Å². The molecule has 0 unspecified atom stereocenters. The van der Waals surface area contributed by atoms with Gasteiger partial charge in [-0.25, -0.2) is 9.18 Å². The Kier molecular flexibility index (Phi) is 6.36. The molecular formula is C36H26FNO3S. The van der Waals surface area contributed by atoms with Gasteiger partial charge in [-0.3, -0.25) is 4.79 Å². The van der Waals surface area contributed by atoms with Crippen molar-refractivity contribution in [3.05, 3.63) is 142 Å². The molecule has 2 N–H and O–H groups in total. The van der Waals surface area contributed by atoms with Crippen LogP contribution in [0.25, 0.3) is 32.0 Å². The second-order valence-electron chi connectivity index (χ2n) is 10.9. The molecular weight excluding hydrogens is 545 g/mol. The lowest BCUT2D eigenvalue weighted by Crippen LogP contribution is -2.23. The van der Waals surface area contributed by atoms with Crippen LogP contribution in [0.15, 0.2) is 109 Å². The van der Waals surface area contributed by atoms with Crippen molar-refractivity contribution in [1.82, 2.24) is 5.32 Å². The third-order valence-corrected chi connectivity index (χ3v) is 9.23. The van der Waals surface area contributed by atoms with Crippen LogP contribution in [0.4, 0.5) is 4.39 Å². The van der Waals surface area contributed by atoms with E-state index in [0.717, 1.165) is 39.6 Å². The Labute approximate surface area is 246 Å². The highest BCUT2D eigenvalue weighted by atomic mass is 32.1. The van der Waals surface area contributed by atoms with Gasteiger partial charge in [0.2, 0.25) is 0 Å². The molecule has 0 atom stereocenters. The fraction of sp³-hybridized carbons (Fsp3) is 0.111. The maximum atomic E-state index is 14.2. The first kappa shape index (κ1) is 26.1. The average Bonchev–Trinajstić information content (AvgIpc) is 3.71. The monoisotopic (exact) mass is 571 g/mol. The molecule has 42 heavy (non-hydrogen) atoms. The largest absolute Gasteiger partial charge is 0.478 e. The Bertz CT molecular complexity index is 2010. The number of carbonyl (C=O) groups is 2. The quantitative estimate of drug-likeness (QED) is 0.202. The number of aromatic carboxylic acids is 1. The molecule has 0 spiro atoms. The van der Waals surface area contributed by atoms with Gasteiger partial charge in [0.05, 0.1) is 5.56 Å². The highest BCUT2D eigenvalue weighted by molar-refractivity contribution is 7.17. The number of hydrogen-bond donors (Lipinski definition) is 2. The van der Waals surface area contributed by atoms with Crippen molar-refractivity contribution in [3.8, 4) is 11.1 Å². The van der Waals surface area contributed by atoms with Crippen LogP contribution in [0, 0.1) is 5.82 Å². The van der Waals surface area contributed by atoms with Crippen molar-refractivity contribution >= 4 is 44.1 Å². The summed E-state index contributed by atoms with van der Waals surface area (Å²) in [5.74, 6) is -1.55. The second-order valence-corrected chi connectivity index (χ2v) is 11.8. The van der Waals surface area contributed by atoms with E-state index in [1.165, 1.54) is 40.6 Å². The molecule has 0 saturated heterocycles. The summed E-state index contributed by atoms with van der Waals surface area (Å²) in [6.07, 6.45) is 2.00. The summed E-state index contributed by atoms with van der Waals surface area (Å²) in [6.45, 7) is 0.250. The normalized spacial score (nSPS) is 13.7. The second kappa shape index (κ2) is 10.2. The zero-order valence-electron chi connectivity index (χ0n) is 22.6. The molecule has 1 fully saturated rings. The summed E-state index contributed by atoms with van der Waals surface area (Å²) >= 11 is 1.61. The number of thiophene rings is 1. The number of fused-ring (bicyclic) bond motifs is 2. The number of rotatable bonds is 7. The van der Waals surface area contributed by atoms with Gasteiger partial charge >= 0.3 is 5.97 Å². The van der Waals surface area contributed by atoms with E-state index in [9.17, 15) is 19.1 Å². The molecule has 1 aliphatic rings. The van der Waals surface area contributed by atoms with E-state index >= 15 is 0 Å². The van der Waals surface area contributed by atoms with Crippen LogP contribution in [0.5, 0.6) is 0 Å². The molecule has 0 bridgehead atoms. The van der Waals surface area contributed by atoms with Gasteiger partial charge in [0.1, 0.15) is 5.82 Å². The van der Waals surface area contributed by atoms with Gasteiger partial charge < -0.3 is 10.4 Å². The Balaban J connectivity index is 1.32. The smallest absolute Gasteiger partial charge is 0.335 e. The van der Waals surface area contributed by atoms with Crippen molar-refractivity contribution in [2.75, 3.05) is 0 Å².